The van der Waals surface area contributed by atoms with Crippen LogP contribution in [0, 0.1) is 23.7 Å². The zero-order valence-corrected chi connectivity index (χ0v) is 17.2. The van der Waals surface area contributed by atoms with Crippen LogP contribution in [0.1, 0.15) is 51.9 Å². The normalized spacial score (nSPS) is 49.2. The van der Waals surface area contributed by atoms with Gasteiger partial charge in [0.2, 0.25) is 11.6 Å². The van der Waals surface area contributed by atoms with Gasteiger partial charge in [0.15, 0.2) is 0 Å². The number of hydrogen-bond donors (Lipinski definition) is 0. The third-order valence-electron chi connectivity index (χ3n) is 8.32. The molecule has 2 spiro atoms. The average molecular weight is 408 g/mol. The molecular weight excluding hydrogens is 376 g/mol. The molecule has 4 bridgehead atoms. The second kappa shape index (κ2) is 6.79. The maximum Gasteiger partial charge on any atom is 0.320 e. The van der Waals surface area contributed by atoms with Gasteiger partial charge in [-0.05, 0) is 50.9 Å². The van der Waals surface area contributed by atoms with E-state index in [1.165, 1.54) is 6.42 Å². The SMILES string of the molecule is C[C@H]1CC2(CCN1C(=O)N1CCOCC1)OOC1(OO2)C2CC3CC(C2)CC1C3. The van der Waals surface area contributed by atoms with Gasteiger partial charge in [-0.2, -0.15) is 19.6 Å². The van der Waals surface area contributed by atoms with Gasteiger partial charge in [-0.1, -0.05) is 0 Å². The molecule has 0 aromatic rings. The quantitative estimate of drug-likeness (QED) is 0.574. The summed E-state index contributed by atoms with van der Waals surface area (Å²) in [5.41, 5.74) is 0. The molecule has 7 aliphatic rings. The highest BCUT2D eigenvalue weighted by Gasteiger charge is 2.65. The third-order valence-corrected chi connectivity index (χ3v) is 8.32. The summed E-state index contributed by atoms with van der Waals surface area (Å²) < 4.78 is 5.36. The van der Waals surface area contributed by atoms with Crippen molar-refractivity contribution in [1.82, 2.24) is 9.80 Å². The number of carbonyl (C=O) groups is 1. The molecule has 1 atom stereocenters. The van der Waals surface area contributed by atoms with E-state index < -0.39 is 11.6 Å². The van der Waals surface area contributed by atoms with Crippen molar-refractivity contribution >= 4 is 6.03 Å². The standard InChI is InChI=1S/C21H32N2O6/c1-14-13-20(2-3-23(14)19(24)22-4-6-25-7-5-22)26-28-21(29-27-20)17-9-15-8-16(11-17)12-18(21)10-15/h14-18H,2-13H2,1H3/t14-,15?,16?,17?,18?,20?,21?/m0/s1. The van der Waals surface area contributed by atoms with Crippen molar-refractivity contribution in [3.05, 3.63) is 0 Å². The monoisotopic (exact) mass is 408 g/mol. The van der Waals surface area contributed by atoms with E-state index in [9.17, 15) is 4.79 Å². The molecule has 7 rings (SSSR count). The number of carbonyl (C=O) groups excluding carboxylic acids is 1. The number of urea groups is 1. The molecule has 4 aliphatic carbocycles. The van der Waals surface area contributed by atoms with Gasteiger partial charge in [0, 0.05) is 50.4 Å². The molecule has 0 aromatic heterocycles. The summed E-state index contributed by atoms with van der Waals surface area (Å²) in [5, 5.41) is 0. The smallest absolute Gasteiger partial charge is 0.320 e. The van der Waals surface area contributed by atoms with Gasteiger partial charge < -0.3 is 14.5 Å². The zero-order chi connectivity index (χ0) is 19.6. The van der Waals surface area contributed by atoms with E-state index in [1.54, 1.807) is 0 Å². The van der Waals surface area contributed by atoms with Crippen LogP contribution in [0.5, 0.6) is 0 Å². The van der Waals surface area contributed by atoms with Gasteiger partial charge in [-0.15, -0.1) is 0 Å². The van der Waals surface area contributed by atoms with Crippen LogP contribution >= 0.6 is 0 Å². The van der Waals surface area contributed by atoms with E-state index >= 15 is 0 Å². The van der Waals surface area contributed by atoms with Crippen molar-refractivity contribution in [3.8, 4) is 0 Å². The molecule has 0 aromatic carbocycles. The van der Waals surface area contributed by atoms with E-state index in [4.69, 9.17) is 24.3 Å². The molecule has 0 radical (unpaired) electrons. The average Bonchev–Trinajstić information content (AvgIpc) is 2.73. The number of piperidine rings is 1. The van der Waals surface area contributed by atoms with Crippen LogP contribution in [0.3, 0.4) is 0 Å². The van der Waals surface area contributed by atoms with Gasteiger partial charge in [0.1, 0.15) is 0 Å². The van der Waals surface area contributed by atoms with Crippen molar-refractivity contribution in [2.75, 3.05) is 32.8 Å². The number of hydrogen-bond acceptors (Lipinski definition) is 6. The molecule has 0 N–H and O–H groups in total. The molecule has 4 saturated carbocycles. The van der Waals surface area contributed by atoms with E-state index in [0.29, 0.717) is 57.5 Å². The summed E-state index contributed by atoms with van der Waals surface area (Å²) in [4.78, 5) is 40.9. The Morgan fingerprint density at radius 2 is 1.48 bits per heavy atom. The van der Waals surface area contributed by atoms with E-state index in [-0.39, 0.29) is 12.1 Å². The molecule has 8 nitrogen and oxygen atoms in total. The van der Waals surface area contributed by atoms with Crippen molar-refractivity contribution in [3.63, 3.8) is 0 Å². The molecule has 3 aliphatic heterocycles. The van der Waals surface area contributed by atoms with Crippen LogP contribution in [0.15, 0.2) is 0 Å². The molecule has 3 saturated heterocycles. The van der Waals surface area contributed by atoms with Crippen LogP contribution in [-0.4, -0.2) is 66.3 Å². The number of ether oxygens (including phenoxy) is 1. The molecule has 7 fully saturated rings. The lowest BCUT2D eigenvalue weighted by atomic mass is 9.53. The number of nitrogens with zero attached hydrogens (tertiary/aromatic N) is 2. The fourth-order valence-electron chi connectivity index (χ4n) is 6.97. The van der Waals surface area contributed by atoms with Crippen molar-refractivity contribution in [2.45, 2.75) is 69.5 Å². The van der Waals surface area contributed by atoms with Gasteiger partial charge in [-0.3, -0.25) is 0 Å². The predicted octanol–water partition coefficient (Wildman–Crippen LogP) is 2.68. The first-order valence-electron chi connectivity index (χ1n) is 11.4. The highest BCUT2D eigenvalue weighted by molar-refractivity contribution is 5.75. The summed E-state index contributed by atoms with van der Waals surface area (Å²) in [6.45, 7) is 5.13. The Hall–Kier alpha value is -0.930. The van der Waals surface area contributed by atoms with Gasteiger partial charge in [0.25, 0.3) is 0 Å². The number of rotatable bonds is 0. The lowest BCUT2D eigenvalue weighted by Crippen LogP contribution is -2.66. The van der Waals surface area contributed by atoms with Gasteiger partial charge in [-0.25, -0.2) is 4.79 Å². The third kappa shape index (κ3) is 2.94. The minimum Gasteiger partial charge on any atom is -0.378 e. The van der Waals surface area contributed by atoms with Crippen molar-refractivity contribution in [2.24, 2.45) is 23.7 Å². The highest BCUT2D eigenvalue weighted by atomic mass is 17.4. The maximum atomic E-state index is 12.9. The lowest BCUT2D eigenvalue weighted by molar-refractivity contribution is -0.681. The molecule has 2 amide bonds. The topological polar surface area (TPSA) is 69.7 Å². The Morgan fingerprint density at radius 3 is 2.07 bits per heavy atom. The first-order valence-corrected chi connectivity index (χ1v) is 11.4. The van der Waals surface area contributed by atoms with E-state index in [1.807, 2.05) is 16.7 Å². The Morgan fingerprint density at radius 1 is 0.862 bits per heavy atom. The lowest BCUT2D eigenvalue weighted by Gasteiger charge is -2.60. The Labute approximate surface area is 171 Å². The minimum absolute atomic E-state index is 0.0150. The molecule has 8 heteroatoms. The van der Waals surface area contributed by atoms with Crippen molar-refractivity contribution < 1.29 is 29.1 Å². The van der Waals surface area contributed by atoms with Crippen LogP contribution in [0.2, 0.25) is 0 Å². The first-order chi connectivity index (χ1) is 14.1. The molecule has 3 heterocycles. The van der Waals surface area contributed by atoms with Crippen LogP contribution in [0.4, 0.5) is 4.79 Å². The van der Waals surface area contributed by atoms with Crippen LogP contribution in [-0.2, 0) is 24.3 Å². The Kier molecular flexibility index (Phi) is 4.40. The predicted molar refractivity (Wildman–Crippen MR) is 100 cm³/mol. The maximum absolute atomic E-state index is 12.9. The molecule has 162 valence electrons. The summed E-state index contributed by atoms with van der Waals surface area (Å²) in [5.74, 6) is 0.749. The number of morpholine rings is 1. The minimum atomic E-state index is -0.916. The van der Waals surface area contributed by atoms with E-state index in [2.05, 4.69) is 0 Å². The van der Waals surface area contributed by atoms with Crippen LogP contribution in [0.25, 0.3) is 0 Å². The molecular formula is C21H32N2O6. The number of amides is 2. The summed E-state index contributed by atoms with van der Waals surface area (Å²) in [6.07, 6.45) is 7.09. The Bertz CT molecular complexity index is 628. The molecule has 0 unspecified atom stereocenters. The summed E-state index contributed by atoms with van der Waals surface area (Å²) >= 11 is 0. The highest BCUT2D eigenvalue weighted by Crippen LogP contribution is 2.61. The van der Waals surface area contributed by atoms with Gasteiger partial charge in [0.05, 0.1) is 13.2 Å². The summed E-state index contributed by atoms with van der Waals surface area (Å²) in [6, 6.07) is 0.0599. The fourth-order valence-corrected chi connectivity index (χ4v) is 6.97. The van der Waals surface area contributed by atoms with Gasteiger partial charge >= 0.3 is 6.03 Å². The zero-order valence-electron chi connectivity index (χ0n) is 17.2. The largest absolute Gasteiger partial charge is 0.378 e. The summed E-state index contributed by atoms with van der Waals surface area (Å²) in [7, 11) is 0. The van der Waals surface area contributed by atoms with Crippen LogP contribution < -0.4 is 0 Å². The first kappa shape index (κ1) is 18.8. The van der Waals surface area contributed by atoms with Crippen molar-refractivity contribution in [1.29, 1.82) is 0 Å². The Balaban J connectivity index is 1.11. The molecule has 29 heavy (non-hydrogen) atoms. The van der Waals surface area contributed by atoms with E-state index in [0.717, 1.165) is 37.5 Å². The second-order valence-corrected chi connectivity index (χ2v) is 10.1. The second-order valence-electron chi connectivity index (χ2n) is 10.1. The fraction of sp³-hybridized carbons (Fsp3) is 0.952. The number of likely N-dealkylation sites (tertiary alicyclic amines) is 1.